The zero-order valence-corrected chi connectivity index (χ0v) is 26.6. The molecule has 268 valence electrons. The summed E-state index contributed by atoms with van der Waals surface area (Å²) in [5.74, 6) is -2.17. The van der Waals surface area contributed by atoms with Crippen LogP contribution in [0.3, 0.4) is 0 Å². The summed E-state index contributed by atoms with van der Waals surface area (Å²) in [6.07, 6.45) is -9.25. The highest BCUT2D eigenvalue weighted by Crippen LogP contribution is 2.36. The molecule has 4 N–H and O–H groups in total. The van der Waals surface area contributed by atoms with Gasteiger partial charge in [0.1, 0.15) is 36.7 Å². The summed E-state index contributed by atoms with van der Waals surface area (Å²) in [5.41, 5.74) is -4.32. The van der Waals surface area contributed by atoms with Crippen molar-refractivity contribution in [3.63, 3.8) is 0 Å². The van der Waals surface area contributed by atoms with Crippen LogP contribution in [0.5, 0.6) is 11.8 Å². The van der Waals surface area contributed by atoms with E-state index in [1.807, 2.05) is 0 Å². The third-order valence-corrected chi connectivity index (χ3v) is 7.44. The SMILES string of the molecule is CC(C)(COc1ncccc1C(F)(F)F)C(=O)N[C@@H]1CNC[C@H]1F.CC(C)(COc1ncccc1C(F)(F)F)C(=O)N[C@H]1CNC[C@@H]1F. The molecule has 0 spiro atoms. The smallest absolute Gasteiger partial charge is 0.421 e. The zero-order chi connectivity index (χ0) is 35.9. The summed E-state index contributed by atoms with van der Waals surface area (Å²) in [4.78, 5) is 31.6. The predicted octanol–water partition coefficient (Wildman–Crippen LogP) is 3.86. The molecule has 48 heavy (non-hydrogen) atoms. The topological polar surface area (TPSA) is 126 Å². The van der Waals surface area contributed by atoms with Gasteiger partial charge in [-0.05, 0) is 52.0 Å². The average molecular weight is 699 g/mol. The number of hydrogen-bond acceptors (Lipinski definition) is 8. The van der Waals surface area contributed by atoms with Crippen molar-refractivity contribution in [1.82, 2.24) is 31.2 Å². The van der Waals surface area contributed by atoms with E-state index in [0.29, 0.717) is 13.1 Å². The first-order valence-corrected chi connectivity index (χ1v) is 14.8. The molecular formula is C30H38F8N6O4. The molecule has 0 unspecified atom stereocenters. The summed E-state index contributed by atoms with van der Waals surface area (Å²) >= 11 is 0. The summed E-state index contributed by atoms with van der Waals surface area (Å²) < 4.78 is 115. The van der Waals surface area contributed by atoms with Crippen LogP contribution in [0, 0.1) is 10.8 Å². The monoisotopic (exact) mass is 698 g/mol. The standard InChI is InChI=1S/2C15H19F4N3O2/c2*1-14(2,13(23)22-11-7-20-6-10(11)16)8-24-12-9(15(17,18)19)4-3-5-21-12/h2*3-5,10-11,20H,6-8H2,1-2H3,(H,22,23)/t2*10-,11-/m10/s1. The third kappa shape index (κ3) is 10.6. The maximum Gasteiger partial charge on any atom is 0.421 e. The molecule has 18 heteroatoms. The first-order valence-electron chi connectivity index (χ1n) is 14.8. The first-order chi connectivity index (χ1) is 22.2. The van der Waals surface area contributed by atoms with Gasteiger partial charge in [-0.15, -0.1) is 0 Å². The van der Waals surface area contributed by atoms with E-state index in [1.165, 1.54) is 40.1 Å². The lowest BCUT2D eigenvalue weighted by molar-refractivity contribution is -0.141. The first kappa shape index (κ1) is 38.6. The molecule has 10 nitrogen and oxygen atoms in total. The third-order valence-electron chi connectivity index (χ3n) is 7.44. The summed E-state index contributed by atoms with van der Waals surface area (Å²) in [7, 11) is 0. The fourth-order valence-electron chi connectivity index (χ4n) is 4.38. The van der Waals surface area contributed by atoms with Gasteiger partial charge in [0.15, 0.2) is 0 Å². The average Bonchev–Trinajstić information content (AvgIpc) is 3.61. The minimum atomic E-state index is -4.60. The Morgan fingerprint density at radius 2 is 1.06 bits per heavy atom. The maximum absolute atomic E-state index is 13.5. The van der Waals surface area contributed by atoms with Crippen molar-refractivity contribution in [3.05, 3.63) is 47.8 Å². The molecule has 2 saturated heterocycles. The van der Waals surface area contributed by atoms with E-state index in [1.54, 1.807) is 0 Å². The lowest BCUT2D eigenvalue weighted by Crippen LogP contribution is -2.48. The van der Waals surface area contributed by atoms with Crippen LogP contribution >= 0.6 is 0 Å². The van der Waals surface area contributed by atoms with E-state index < -0.39 is 82.3 Å². The van der Waals surface area contributed by atoms with Crippen LogP contribution in [0.2, 0.25) is 0 Å². The summed E-state index contributed by atoms with van der Waals surface area (Å²) in [6, 6.07) is 2.71. The normalized spacial score (nSPS) is 21.6. The minimum absolute atomic E-state index is 0.157. The van der Waals surface area contributed by atoms with Gasteiger partial charge < -0.3 is 30.7 Å². The minimum Gasteiger partial charge on any atom is -0.476 e. The highest BCUT2D eigenvalue weighted by atomic mass is 19.4. The van der Waals surface area contributed by atoms with E-state index >= 15 is 0 Å². The van der Waals surface area contributed by atoms with Crippen LogP contribution in [-0.4, -0.2) is 85.6 Å². The fraction of sp³-hybridized carbons (Fsp3) is 0.600. The van der Waals surface area contributed by atoms with Crippen LogP contribution in [0.25, 0.3) is 0 Å². The Balaban J connectivity index is 0.000000260. The Bertz CT molecular complexity index is 1290. The Kier molecular flexibility index (Phi) is 12.6. The molecule has 2 fully saturated rings. The van der Waals surface area contributed by atoms with Crippen LogP contribution in [0.4, 0.5) is 35.1 Å². The number of halogens is 8. The van der Waals surface area contributed by atoms with Gasteiger partial charge in [-0.2, -0.15) is 26.3 Å². The number of rotatable bonds is 10. The van der Waals surface area contributed by atoms with Gasteiger partial charge in [0.2, 0.25) is 23.6 Å². The Labute approximate surface area is 271 Å². The molecule has 0 aliphatic carbocycles. The molecule has 4 heterocycles. The molecule has 4 rings (SSSR count). The molecule has 0 bridgehead atoms. The van der Waals surface area contributed by atoms with Crippen molar-refractivity contribution in [1.29, 1.82) is 0 Å². The zero-order valence-electron chi connectivity index (χ0n) is 26.6. The van der Waals surface area contributed by atoms with E-state index in [0.717, 1.165) is 24.3 Å². The number of pyridine rings is 2. The Hall–Kier alpha value is -3.80. The quantitative estimate of drug-likeness (QED) is 0.276. The van der Waals surface area contributed by atoms with E-state index in [2.05, 4.69) is 31.2 Å². The molecule has 0 radical (unpaired) electrons. The van der Waals surface area contributed by atoms with Gasteiger partial charge in [0.25, 0.3) is 0 Å². The molecule has 0 aromatic carbocycles. The summed E-state index contributed by atoms with van der Waals surface area (Å²) in [6.45, 7) is 6.32. The lowest BCUT2D eigenvalue weighted by Gasteiger charge is -2.26. The van der Waals surface area contributed by atoms with Crippen LogP contribution in [0.1, 0.15) is 38.8 Å². The van der Waals surface area contributed by atoms with Crippen LogP contribution in [-0.2, 0) is 21.9 Å². The second-order valence-corrected chi connectivity index (χ2v) is 12.6. The fourth-order valence-corrected chi connectivity index (χ4v) is 4.38. The second-order valence-electron chi connectivity index (χ2n) is 12.6. The number of ether oxygens (including phenoxy) is 2. The van der Waals surface area contributed by atoms with Gasteiger partial charge in [0, 0.05) is 38.6 Å². The number of hydrogen-bond donors (Lipinski definition) is 4. The molecule has 2 amide bonds. The van der Waals surface area contributed by atoms with Crippen molar-refractivity contribution < 1.29 is 54.2 Å². The lowest BCUT2D eigenvalue weighted by atomic mass is 9.93. The Morgan fingerprint density at radius 1 is 0.708 bits per heavy atom. The highest BCUT2D eigenvalue weighted by molar-refractivity contribution is 5.83. The molecule has 2 aliphatic rings. The van der Waals surface area contributed by atoms with Gasteiger partial charge in [0.05, 0.1) is 22.9 Å². The molecular weight excluding hydrogens is 660 g/mol. The van der Waals surface area contributed by atoms with E-state index in [4.69, 9.17) is 9.47 Å². The maximum atomic E-state index is 13.5. The van der Waals surface area contributed by atoms with Crippen molar-refractivity contribution in [2.75, 3.05) is 39.4 Å². The summed E-state index contributed by atoms with van der Waals surface area (Å²) in [5, 5.41) is 10.7. The van der Waals surface area contributed by atoms with Gasteiger partial charge in [-0.25, -0.2) is 18.7 Å². The second kappa shape index (κ2) is 15.6. The van der Waals surface area contributed by atoms with E-state index in [9.17, 15) is 44.7 Å². The number of alkyl halides is 8. The van der Waals surface area contributed by atoms with Crippen LogP contribution in [0.15, 0.2) is 36.7 Å². The Morgan fingerprint density at radius 3 is 1.35 bits per heavy atom. The van der Waals surface area contributed by atoms with Gasteiger partial charge in [-0.1, -0.05) is 0 Å². The number of nitrogens with zero attached hydrogens (tertiary/aromatic N) is 2. The highest BCUT2D eigenvalue weighted by Gasteiger charge is 2.39. The van der Waals surface area contributed by atoms with Gasteiger partial charge in [-0.3, -0.25) is 9.59 Å². The van der Waals surface area contributed by atoms with Crippen molar-refractivity contribution in [2.45, 2.75) is 64.5 Å². The number of amides is 2. The van der Waals surface area contributed by atoms with Gasteiger partial charge >= 0.3 is 12.4 Å². The van der Waals surface area contributed by atoms with Crippen LogP contribution < -0.4 is 30.7 Å². The van der Waals surface area contributed by atoms with Crippen molar-refractivity contribution >= 4 is 11.8 Å². The molecule has 2 aromatic heterocycles. The van der Waals surface area contributed by atoms with Crippen molar-refractivity contribution in [2.24, 2.45) is 10.8 Å². The number of nitrogens with one attached hydrogen (secondary N) is 4. The van der Waals surface area contributed by atoms with E-state index in [-0.39, 0.29) is 26.3 Å². The predicted molar refractivity (Wildman–Crippen MR) is 156 cm³/mol. The van der Waals surface area contributed by atoms with Crippen molar-refractivity contribution in [3.8, 4) is 11.8 Å². The number of carbonyl (C=O) groups excluding carboxylic acids is 2. The molecule has 2 aromatic rings. The molecule has 2 aliphatic heterocycles. The molecule has 0 saturated carbocycles. The molecule has 4 atom stereocenters. The number of carbonyl (C=O) groups is 2. The largest absolute Gasteiger partial charge is 0.476 e. The number of aromatic nitrogens is 2.